The molecule has 1 fully saturated rings. The van der Waals surface area contributed by atoms with Crippen LogP contribution in [0.1, 0.15) is 45.1 Å². The van der Waals surface area contributed by atoms with E-state index in [-0.39, 0.29) is 0 Å². The Morgan fingerprint density at radius 2 is 1.95 bits per heavy atom. The maximum atomic E-state index is 6.34. The highest BCUT2D eigenvalue weighted by atomic mass is 35.5. The van der Waals surface area contributed by atoms with Crippen molar-refractivity contribution in [1.29, 1.82) is 0 Å². The third kappa shape index (κ3) is 3.90. The Bertz CT molecular complexity index is 413. The molecule has 112 valence electrons. The Morgan fingerprint density at radius 3 is 2.50 bits per heavy atom. The van der Waals surface area contributed by atoms with E-state index in [9.17, 15) is 0 Å². The molecule has 1 aromatic rings. The average molecular weight is 314 g/mol. The van der Waals surface area contributed by atoms with Crippen LogP contribution in [0, 0.1) is 11.8 Å². The number of nitrogens with one attached hydrogen (secondary N) is 1. The van der Waals surface area contributed by atoms with Gasteiger partial charge in [0.15, 0.2) is 0 Å². The van der Waals surface area contributed by atoms with Gasteiger partial charge in [-0.15, -0.1) is 0 Å². The first kappa shape index (κ1) is 16.1. The molecule has 3 heteroatoms. The van der Waals surface area contributed by atoms with Crippen LogP contribution in [-0.4, -0.2) is 12.6 Å². The molecule has 0 aromatic heterocycles. The summed E-state index contributed by atoms with van der Waals surface area (Å²) >= 11 is 12.7. The standard InChI is InChI=1S/C17H25Cl2N/c1-3-10-20-17(13-7-4-6-12(13)2)11-14-15(18)8-5-9-16(14)19/h5,8-9,12-13,17,20H,3-4,6-7,10-11H2,1-2H3. The van der Waals surface area contributed by atoms with Crippen LogP contribution in [-0.2, 0) is 6.42 Å². The van der Waals surface area contributed by atoms with E-state index in [1.54, 1.807) is 0 Å². The monoisotopic (exact) mass is 313 g/mol. The van der Waals surface area contributed by atoms with E-state index in [4.69, 9.17) is 23.2 Å². The minimum absolute atomic E-state index is 0.491. The Kier molecular flexibility index (Phi) is 6.20. The summed E-state index contributed by atoms with van der Waals surface area (Å²) in [5.41, 5.74) is 1.10. The van der Waals surface area contributed by atoms with Crippen molar-refractivity contribution in [2.75, 3.05) is 6.54 Å². The van der Waals surface area contributed by atoms with Gasteiger partial charge in [0.25, 0.3) is 0 Å². The van der Waals surface area contributed by atoms with Crippen molar-refractivity contribution in [2.45, 2.75) is 52.0 Å². The van der Waals surface area contributed by atoms with Crippen LogP contribution in [0.25, 0.3) is 0 Å². The zero-order chi connectivity index (χ0) is 14.5. The summed E-state index contributed by atoms with van der Waals surface area (Å²) in [6.07, 6.45) is 6.13. The topological polar surface area (TPSA) is 12.0 Å². The normalized spacial score (nSPS) is 24.0. The van der Waals surface area contributed by atoms with E-state index < -0.39 is 0 Å². The lowest BCUT2D eigenvalue weighted by atomic mass is 9.86. The molecule has 0 saturated heterocycles. The van der Waals surface area contributed by atoms with Crippen LogP contribution < -0.4 is 5.32 Å². The summed E-state index contributed by atoms with van der Waals surface area (Å²) in [7, 11) is 0. The fourth-order valence-corrected chi connectivity index (χ4v) is 3.98. The van der Waals surface area contributed by atoms with Gasteiger partial charge in [0.2, 0.25) is 0 Å². The molecule has 0 amide bonds. The third-order valence-corrected chi connectivity index (χ3v) is 5.30. The van der Waals surface area contributed by atoms with Gasteiger partial charge in [-0.05, 0) is 55.3 Å². The largest absolute Gasteiger partial charge is 0.313 e. The van der Waals surface area contributed by atoms with Crippen LogP contribution in [0.5, 0.6) is 0 Å². The lowest BCUT2D eigenvalue weighted by Gasteiger charge is -2.29. The molecule has 1 aliphatic rings. The van der Waals surface area contributed by atoms with Gasteiger partial charge in [0.05, 0.1) is 0 Å². The molecule has 2 rings (SSSR count). The lowest BCUT2D eigenvalue weighted by Crippen LogP contribution is -2.39. The maximum Gasteiger partial charge on any atom is 0.0453 e. The first-order chi connectivity index (χ1) is 9.63. The average Bonchev–Trinajstić information content (AvgIpc) is 2.84. The number of halogens is 2. The molecule has 3 atom stereocenters. The van der Waals surface area contributed by atoms with Crippen LogP contribution in [0.15, 0.2) is 18.2 Å². The predicted molar refractivity (Wildman–Crippen MR) is 88.8 cm³/mol. The number of hydrogen-bond acceptors (Lipinski definition) is 1. The quantitative estimate of drug-likeness (QED) is 0.747. The van der Waals surface area contributed by atoms with E-state index in [0.717, 1.165) is 46.8 Å². The molecular weight excluding hydrogens is 289 g/mol. The maximum absolute atomic E-state index is 6.34. The molecule has 0 spiro atoms. The minimum Gasteiger partial charge on any atom is -0.313 e. The molecule has 1 saturated carbocycles. The molecule has 0 heterocycles. The molecule has 0 bridgehead atoms. The second-order valence-electron chi connectivity index (χ2n) is 6.04. The van der Waals surface area contributed by atoms with E-state index in [1.807, 2.05) is 18.2 Å². The smallest absolute Gasteiger partial charge is 0.0453 e. The number of rotatable bonds is 6. The summed E-state index contributed by atoms with van der Waals surface area (Å²) in [4.78, 5) is 0. The van der Waals surface area contributed by atoms with Gasteiger partial charge in [-0.1, -0.05) is 56.0 Å². The fraction of sp³-hybridized carbons (Fsp3) is 0.647. The van der Waals surface area contributed by atoms with E-state index in [0.29, 0.717) is 6.04 Å². The highest BCUT2D eigenvalue weighted by Gasteiger charge is 2.31. The van der Waals surface area contributed by atoms with Crippen molar-refractivity contribution in [3.05, 3.63) is 33.8 Å². The number of hydrogen-bond donors (Lipinski definition) is 1. The van der Waals surface area contributed by atoms with Crippen LogP contribution >= 0.6 is 23.2 Å². The van der Waals surface area contributed by atoms with Gasteiger partial charge in [0, 0.05) is 16.1 Å². The molecule has 3 unspecified atom stereocenters. The molecule has 1 aliphatic carbocycles. The molecular formula is C17H25Cl2N. The Morgan fingerprint density at radius 1 is 1.25 bits per heavy atom. The van der Waals surface area contributed by atoms with Gasteiger partial charge < -0.3 is 5.32 Å². The third-order valence-electron chi connectivity index (χ3n) is 4.59. The first-order valence-electron chi connectivity index (χ1n) is 7.79. The van der Waals surface area contributed by atoms with Gasteiger partial charge in [-0.2, -0.15) is 0 Å². The predicted octanol–water partition coefficient (Wildman–Crippen LogP) is 5.34. The van der Waals surface area contributed by atoms with Crippen LogP contribution in [0.4, 0.5) is 0 Å². The van der Waals surface area contributed by atoms with Crippen molar-refractivity contribution in [3.8, 4) is 0 Å². The van der Waals surface area contributed by atoms with Gasteiger partial charge >= 0.3 is 0 Å². The highest BCUT2D eigenvalue weighted by Crippen LogP contribution is 2.36. The summed E-state index contributed by atoms with van der Waals surface area (Å²) in [5, 5.41) is 5.32. The van der Waals surface area contributed by atoms with Crippen molar-refractivity contribution in [3.63, 3.8) is 0 Å². The molecule has 0 radical (unpaired) electrons. The Balaban J connectivity index is 2.14. The van der Waals surface area contributed by atoms with Gasteiger partial charge in [-0.3, -0.25) is 0 Å². The van der Waals surface area contributed by atoms with E-state index >= 15 is 0 Å². The molecule has 0 aliphatic heterocycles. The molecule has 1 N–H and O–H groups in total. The summed E-state index contributed by atoms with van der Waals surface area (Å²) < 4.78 is 0. The second kappa shape index (κ2) is 7.68. The van der Waals surface area contributed by atoms with E-state index in [2.05, 4.69) is 19.2 Å². The van der Waals surface area contributed by atoms with Crippen molar-refractivity contribution in [2.24, 2.45) is 11.8 Å². The highest BCUT2D eigenvalue weighted by molar-refractivity contribution is 6.36. The van der Waals surface area contributed by atoms with Crippen LogP contribution in [0.3, 0.4) is 0 Å². The van der Waals surface area contributed by atoms with Crippen molar-refractivity contribution < 1.29 is 0 Å². The fourth-order valence-electron chi connectivity index (χ4n) is 3.42. The summed E-state index contributed by atoms with van der Waals surface area (Å²) in [5.74, 6) is 1.54. The first-order valence-corrected chi connectivity index (χ1v) is 8.55. The minimum atomic E-state index is 0.491. The lowest BCUT2D eigenvalue weighted by molar-refractivity contribution is 0.295. The Hall–Kier alpha value is -0.240. The van der Waals surface area contributed by atoms with Gasteiger partial charge in [0.1, 0.15) is 0 Å². The zero-order valence-electron chi connectivity index (χ0n) is 12.5. The SMILES string of the molecule is CCCNC(Cc1c(Cl)cccc1Cl)C1CCCC1C. The molecule has 20 heavy (non-hydrogen) atoms. The molecule has 1 nitrogen and oxygen atoms in total. The van der Waals surface area contributed by atoms with Crippen molar-refractivity contribution in [1.82, 2.24) is 5.32 Å². The zero-order valence-corrected chi connectivity index (χ0v) is 14.0. The molecule has 1 aromatic carbocycles. The van der Waals surface area contributed by atoms with Crippen LogP contribution in [0.2, 0.25) is 10.0 Å². The second-order valence-corrected chi connectivity index (χ2v) is 6.85. The van der Waals surface area contributed by atoms with Gasteiger partial charge in [-0.25, -0.2) is 0 Å². The summed E-state index contributed by atoms with van der Waals surface area (Å²) in [6, 6.07) is 6.29. The van der Waals surface area contributed by atoms with E-state index in [1.165, 1.54) is 19.3 Å². The van der Waals surface area contributed by atoms with Crippen molar-refractivity contribution >= 4 is 23.2 Å². The Labute approximate surface area is 133 Å². The number of benzene rings is 1. The summed E-state index contributed by atoms with van der Waals surface area (Å²) in [6.45, 7) is 5.66.